The first-order valence-corrected chi connectivity index (χ1v) is 9.99. The maximum Gasteiger partial charge on any atom is 0.225 e. The summed E-state index contributed by atoms with van der Waals surface area (Å²) in [6.07, 6.45) is 6.70. The first-order chi connectivity index (χ1) is 13.7. The number of H-pyrrole nitrogens is 1. The molecule has 2 saturated heterocycles. The second-order valence-corrected chi connectivity index (χ2v) is 8.02. The van der Waals surface area contributed by atoms with E-state index in [-0.39, 0.29) is 35.8 Å². The number of aromatic nitrogens is 2. The van der Waals surface area contributed by atoms with E-state index in [1.165, 1.54) is 0 Å². The average Bonchev–Trinajstić information content (AvgIpc) is 3.45. The Morgan fingerprint density at radius 2 is 1.89 bits per heavy atom. The maximum atomic E-state index is 14.7. The van der Waals surface area contributed by atoms with Crippen LogP contribution in [-0.4, -0.2) is 53.1 Å². The number of aromatic amines is 1. The lowest BCUT2D eigenvalue weighted by Crippen LogP contribution is -2.41. The molecule has 1 N–H and O–H groups in total. The number of nitrogens with one attached hydrogen (secondary N) is 1. The number of ether oxygens (including phenoxy) is 2. The third kappa shape index (κ3) is 3.22. The van der Waals surface area contributed by atoms with Crippen molar-refractivity contribution in [2.45, 2.75) is 43.8 Å². The molecular formula is C21H24FN3O3. The number of carbonyl (C=O) groups excluding carboxylic acids is 1. The fourth-order valence-electron chi connectivity index (χ4n) is 4.84. The van der Waals surface area contributed by atoms with Gasteiger partial charge < -0.3 is 14.4 Å². The molecule has 148 valence electrons. The molecule has 0 bridgehead atoms. The highest BCUT2D eigenvalue weighted by atomic mass is 19.1. The summed E-state index contributed by atoms with van der Waals surface area (Å²) in [6.45, 7) is 1.71. The Morgan fingerprint density at radius 1 is 1.14 bits per heavy atom. The van der Waals surface area contributed by atoms with Gasteiger partial charge in [-0.25, -0.2) is 4.39 Å². The molecule has 5 rings (SSSR count). The summed E-state index contributed by atoms with van der Waals surface area (Å²) >= 11 is 0. The van der Waals surface area contributed by atoms with Crippen molar-refractivity contribution < 1.29 is 18.7 Å². The molecule has 2 atom stereocenters. The molecule has 3 aliphatic rings. The number of hydrogen-bond acceptors (Lipinski definition) is 4. The van der Waals surface area contributed by atoms with E-state index in [9.17, 15) is 9.18 Å². The van der Waals surface area contributed by atoms with Gasteiger partial charge in [0.05, 0.1) is 18.4 Å². The van der Waals surface area contributed by atoms with Crippen molar-refractivity contribution in [3.63, 3.8) is 0 Å². The minimum Gasteiger partial charge on any atom is -0.349 e. The highest BCUT2D eigenvalue weighted by molar-refractivity contribution is 5.79. The number of likely N-dealkylation sites (tertiary alicyclic amines) is 1. The van der Waals surface area contributed by atoms with Gasteiger partial charge in [0, 0.05) is 30.8 Å². The average molecular weight is 385 g/mol. The van der Waals surface area contributed by atoms with Gasteiger partial charge in [0.25, 0.3) is 0 Å². The monoisotopic (exact) mass is 385 g/mol. The number of carbonyl (C=O) groups is 1. The molecule has 1 amide bonds. The van der Waals surface area contributed by atoms with Crippen molar-refractivity contribution in [3.8, 4) is 11.1 Å². The van der Waals surface area contributed by atoms with Crippen molar-refractivity contribution in [1.29, 1.82) is 0 Å². The highest BCUT2D eigenvalue weighted by Gasteiger charge is 2.44. The molecular weight excluding hydrogens is 361 g/mol. The van der Waals surface area contributed by atoms with Gasteiger partial charge in [0.1, 0.15) is 12.6 Å². The molecule has 1 aliphatic carbocycles. The summed E-state index contributed by atoms with van der Waals surface area (Å²) < 4.78 is 25.8. The minimum absolute atomic E-state index is 0.00201. The van der Waals surface area contributed by atoms with Crippen LogP contribution in [0.15, 0.2) is 30.6 Å². The van der Waals surface area contributed by atoms with E-state index in [0.29, 0.717) is 19.9 Å². The third-order valence-electron chi connectivity index (χ3n) is 6.44. The lowest BCUT2D eigenvalue weighted by Gasteiger charge is -2.34. The lowest BCUT2D eigenvalue weighted by molar-refractivity contribution is -0.137. The van der Waals surface area contributed by atoms with E-state index < -0.39 is 0 Å². The Balaban J connectivity index is 1.21. The molecule has 0 spiro atoms. The SMILES string of the molecule is O=C(C1CC2OCOC2C1)N1CCC(c2ccc(-c3cn[nH]c3)cc2F)CC1. The Bertz CT molecular complexity index is 837. The van der Waals surface area contributed by atoms with Gasteiger partial charge in [0.15, 0.2) is 0 Å². The first-order valence-electron chi connectivity index (χ1n) is 9.99. The fraction of sp³-hybridized carbons (Fsp3) is 0.524. The van der Waals surface area contributed by atoms with Crippen LogP contribution in [0.2, 0.25) is 0 Å². The van der Waals surface area contributed by atoms with Crippen molar-refractivity contribution in [2.24, 2.45) is 5.92 Å². The minimum atomic E-state index is -0.179. The van der Waals surface area contributed by atoms with Crippen LogP contribution in [0, 0.1) is 11.7 Å². The normalized spacial score (nSPS) is 27.9. The van der Waals surface area contributed by atoms with E-state index >= 15 is 0 Å². The zero-order chi connectivity index (χ0) is 19.1. The predicted molar refractivity (Wildman–Crippen MR) is 99.9 cm³/mol. The van der Waals surface area contributed by atoms with Crippen LogP contribution in [-0.2, 0) is 14.3 Å². The number of amides is 1. The van der Waals surface area contributed by atoms with Gasteiger partial charge in [-0.2, -0.15) is 5.10 Å². The Hall–Kier alpha value is -2.25. The number of rotatable bonds is 3. The topological polar surface area (TPSA) is 67.5 Å². The van der Waals surface area contributed by atoms with Crippen LogP contribution in [0.25, 0.3) is 11.1 Å². The van der Waals surface area contributed by atoms with Crippen LogP contribution < -0.4 is 0 Å². The molecule has 1 aromatic carbocycles. The molecule has 3 fully saturated rings. The van der Waals surface area contributed by atoms with E-state index in [4.69, 9.17) is 9.47 Å². The molecule has 1 aromatic heterocycles. The molecule has 3 heterocycles. The second kappa shape index (κ2) is 7.29. The van der Waals surface area contributed by atoms with Gasteiger partial charge in [-0.3, -0.25) is 9.89 Å². The van der Waals surface area contributed by atoms with Crippen LogP contribution in [0.4, 0.5) is 4.39 Å². The standard InChI is InChI=1S/C21H24FN3O3/c22-18-7-14(16-10-23-24-11-16)1-2-17(18)13-3-5-25(6-4-13)21(26)15-8-19-20(9-15)28-12-27-19/h1-2,7,10-11,13,15,19-20H,3-6,8-9,12H2,(H,23,24). The zero-order valence-corrected chi connectivity index (χ0v) is 15.6. The van der Waals surface area contributed by atoms with Crippen molar-refractivity contribution >= 4 is 5.91 Å². The number of nitrogens with zero attached hydrogens (tertiary/aromatic N) is 2. The Morgan fingerprint density at radius 3 is 2.54 bits per heavy atom. The predicted octanol–water partition coefficient (Wildman–Crippen LogP) is 3.07. The molecule has 28 heavy (non-hydrogen) atoms. The van der Waals surface area contributed by atoms with Crippen LogP contribution in [0.3, 0.4) is 0 Å². The van der Waals surface area contributed by atoms with Crippen LogP contribution >= 0.6 is 0 Å². The highest BCUT2D eigenvalue weighted by Crippen LogP contribution is 2.37. The van der Waals surface area contributed by atoms with Crippen molar-refractivity contribution in [1.82, 2.24) is 15.1 Å². The quantitative estimate of drug-likeness (QED) is 0.882. The molecule has 2 aliphatic heterocycles. The molecule has 2 unspecified atom stereocenters. The molecule has 2 aromatic rings. The van der Waals surface area contributed by atoms with E-state index in [1.807, 2.05) is 17.0 Å². The number of hydrogen-bond donors (Lipinski definition) is 1. The smallest absolute Gasteiger partial charge is 0.225 e. The van der Waals surface area contributed by atoms with Gasteiger partial charge >= 0.3 is 0 Å². The summed E-state index contributed by atoms with van der Waals surface area (Å²) in [4.78, 5) is 14.8. The molecule has 6 nitrogen and oxygen atoms in total. The second-order valence-electron chi connectivity index (χ2n) is 8.02. The summed E-state index contributed by atoms with van der Waals surface area (Å²) in [5.74, 6) is 0.173. The van der Waals surface area contributed by atoms with E-state index in [2.05, 4.69) is 10.2 Å². The molecule has 1 saturated carbocycles. The van der Waals surface area contributed by atoms with Gasteiger partial charge in [-0.15, -0.1) is 0 Å². The van der Waals surface area contributed by atoms with Crippen LogP contribution in [0.5, 0.6) is 0 Å². The summed E-state index contributed by atoms with van der Waals surface area (Å²) in [5.41, 5.74) is 2.44. The lowest BCUT2D eigenvalue weighted by atomic mass is 9.87. The van der Waals surface area contributed by atoms with Gasteiger partial charge in [0.2, 0.25) is 5.91 Å². The summed E-state index contributed by atoms with van der Waals surface area (Å²) in [7, 11) is 0. The Labute approximate surface area is 163 Å². The molecule has 0 radical (unpaired) electrons. The number of fused-ring (bicyclic) bond motifs is 1. The van der Waals surface area contributed by atoms with E-state index in [0.717, 1.165) is 42.4 Å². The number of piperidine rings is 1. The number of halogens is 1. The third-order valence-corrected chi connectivity index (χ3v) is 6.44. The fourth-order valence-corrected chi connectivity index (χ4v) is 4.84. The largest absolute Gasteiger partial charge is 0.349 e. The molecule has 7 heteroatoms. The first kappa shape index (κ1) is 17.8. The van der Waals surface area contributed by atoms with Gasteiger partial charge in [-0.1, -0.05) is 12.1 Å². The Kier molecular flexibility index (Phi) is 4.64. The van der Waals surface area contributed by atoms with Crippen LogP contribution in [0.1, 0.15) is 37.2 Å². The van der Waals surface area contributed by atoms with Crippen molar-refractivity contribution in [2.75, 3.05) is 19.9 Å². The van der Waals surface area contributed by atoms with E-state index in [1.54, 1.807) is 18.5 Å². The maximum absolute atomic E-state index is 14.7. The summed E-state index contributed by atoms with van der Waals surface area (Å²) in [6, 6.07) is 5.40. The van der Waals surface area contributed by atoms with Gasteiger partial charge in [-0.05, 0) is 48.8 Å². The number of benzene rings is 1. The van der Waals surface area contributed by atoms with Crippen molar-refractivity contribution in [3.05, 3.63) is 42.0 Å². The zero-order valence-electron chi connectivity index (χ0n) is 15.6. The summed E-state index contributed by atoms with van der Waals surface area (Å²) in [5, 5.41) is 6.67.